The van der Waals surface area contributed by atoms with Gasteiger partial charge in [-0.2, -0.15) is 0 Å². The van der Waals surface area contributed by atoms with Crippen LogP contribution < -0.4 is 15.8 Å². The molecule has 1 saturated heterocycles. The molecule has 5 rings (SSSR count). The largest absolute Gasteiger partial charge is 0.489 e. The number of rotatable bonds is 7. The molecule has 1 heterocycles. The number of amides is 1. The number of ether oxygens (including phenoxy) is 2. The second-order valence-electron chi connectivity index (χ2n) is 9.21. The number of fused-ring (bicyclic) bond motifs is 3. The molecule has 2 bridgehead atoms. The molecule has 3 saturated carbocycles. The third kappa shape index (κ3) is 4.26. The number of carbonyl (C=O) groups excluding carboxylic acids is 1. The minimum Gasteiger partial charge on any atom is -0.489 e. The van der Waals surface area contributed by atoms with Gasteiger partial charge in [-0.3, -0.25) is 4.79 Å². The Morgan fingerprint density at radius 1 is 1.13 bits per heavy atom. The van der Waals surface area contributed by atoms with Crippen molar-refractivity contribution in [2.75, 3.05) is 26.4 Å². The summed E-state index contributed by atoms with van der Waals surface area (Å²) in [6.07, 6.45) is 8.40. The Morgan fingerprint density at radius 3 is 2.33 bits per heavy atom. The molecule has 1 amide bonds. The summed E-state index contributed by atoms with van der Waals surface area (Å²) in [5.74, 6) is 0.989. The lowest BCUT2D eigenvalue weighted by Gasteiger charge is -2.53. The van der Waals surface area contributed by atoms with Gasteiger partial charge in [-0.15, -0.1) is 0 Å². The summed E-state index contributed by atoms with van der Waals surface area (Å²) in [5.41, 5.74) is 7.22. The fourth-order valence-electron chi connectivity index (χ4n) is 5.36. The number of carbonyl (C=O) groups is 1. The summed E-state index contributed by atoms with van der Waals surface area (Å²) in [6.45, 7) is 1.82. The molecule has 0 unspecified atom stereocenters. The fourth-order valence-corrected chi connectivity index (χ4v) is 5.36. The van der Waals surface area contributed by atoms with Gasteiger partial charge in [0.1, 0.15) is 12.4 Å². The Morgan fingerprint density at radius 2 is 1.77 bits per heavy atom. The summed E-state index contributed by atoms with van der Waals surface area (Å²) in [6, 6.07) is 8.47. The maximum Gasteiger partial charge on any atom is 0.226 e. The van der Waals surface area contributed by atoms with Crippen LogP contribution in [0.5, 0.6) is 5.75 Å². The van der Waals surface area contributed by atoms with E-state index in [0.717, 1.165) is 70.3 Å². The molecular weight excluding hydrogens is 383 g/mol. The van der Waals surface area contributed by atoms with Crippen LogP contribution in [0.4, 0.5) is 4.39 Å². The SMILES string of the molecule is NCC(=CF)COc1ccc(C23CCC(C(=O)NC4CCOCC4)(CC2)CC3)cc1. The Balaban J connectivity index is 1.36. The van der Waals surface area contributed by atoms with E-state index in [1.165, 1.54) is 5.56 Å². The highest BCUT2D eigenvalue weighted by molar-refractivity contribution is 5.83. The number of nitrogens with one attached hydrogen (secondary N) is 1. The molecule has 4 fully saturated rings. The molecule has 3 N–H and O–H groups in total. The molecule has 0 atom stereocenters. The zero-order valence-corrected chi connectivity index (χ0v) is 17.6. The number of hydrogen-bond donors (Lipinski definition) is 2. The molecule has 0 radical (unpaired) electrons. The molecule has 1 aliphatic heterocycles. The number of benzene rings is 1. The molecule has 1 aromatic carbocycles. The minimum absolute atomic E-state index is 0.154. The van der Waals surface area contributed by atoms with Gasteiger partial charge in [-0.1, -0.05) is 12.1 Å². The zero-order chi connectivity index (χ0) is 21.0. The van der Waals surface area contributed by atoms with E-state index in [2.05, 4.69) is 17.4 Å². The first-order valence-corrected chi connectivity index (χ1v) is 11.2. The average Bonchev–Trinajstić information content (AvgIpc) is 2.82. The average molecular weight is 417 g/mol. The third-order valence-electron chi connectivity index (χ3n) is 7.59. The summed E-state index contributed by atoms with van der Waals surface area (Å²) < 4.78 is 23.7. The van der Waals surface area contributed by atoms with Crippen molar-refractivity contribution in [3.8, 4) is 5.75 Å². The second kappa shape index (κ2) is 9.06. The Bertz CT molecular complexity index is 747. The highest BCUT2D eigenvalue weighted by Gasteiger charge is 2.53. The monoisotopic (exact) mass is 416 g/mol. The van der Waals surface area contributed by atoms with E-state index in [9.17, 15) is 9.18 Å². The number of nitrogens with two attached hydrogens (primary N) is 1. The number of hydrogen-bond acceptors (Lipinski definition) is 4. The van der Waals surface area contributed by atoms with Gasteiger partial charge in [-0.05, 0) is 74.5 Å². The lowest BCUT2D eigenvalue weighted by atomic mass is 9.51. The first-order valence-electron chi connectivity index (χ1n) is 11.2. The van der Waals surface area contributed by atoms with E-state index in [1.54, 1.807) is 0 Å². The van der Waals surface area contributed by atoms with Crippen molar-refractivity contribution < 1.29 is 18.7 Å². The lowest BCUT2D eigenvalue weighted by molar-refractivity contribution is -0.139. The van der Waals surface area contributed by atoms with Crippen molar-refractivity contribution in [2.45, 2.75) is 62.8 Å². The Hall–Kier alpha value is -1.92. The molecule has 4 aliphatic rings. The summed E-state index contributed by atoms with van der Waals surface area (Å²) in [5, 5.41) is 3.32. The van der Waals surface area contributed by atoms with E-state index in [4.69, 9.17) is 15.2 Å². The quantitative estimate of drug-likeness (QED) is 0.710. The van der Waals surface area contributed by atoms with Crippen molar-refractivity contribution in [3.63, 3.8) is 0 Å². The van der Waals surface area contributed by atoms with Gasteiger partial charge in [0.15, 0.2) is 0 Å². The first-order chi connectivity index (χ1) is 14.6. The van der Waals surface area contributed by atoms with Gasteiger partial charge in [0, 0.05) is 36.8 Å². The van der Waals surface area contributed by atoms with Crippen molar-refractivity contribution in [2.24, 2.45) is 11.1 Å². The van der Waals surface area contributed by atoms with Gasteiger partial charge in [0.05, 0.1) is 6.33 Å². The van der Waals surface area contributed by atoms with Crippen LogP contribution in [0.1, 0.15) is 56.9 Å². The van der Waals surface area contributed by atoms with Crippen molar-refractivity contribution in [1.29, 1.82) is 0 Å². The van der Waals surface area contributed by atoms with E-state index in [1.807, 2.05) is 12.1 Å². The molecule has 1 aromatic rings. The van der Waals surface area contributed by atoms with Gasteiger partial charge in [0.25, 0.3) is 0 Å². The van der Waals surface area contributed by atoms with Crippen LogP contribution in [0.2, 0.25) is 0 Å². The topological polar surface area (TPSA) is 73.6 Å². The molecule has 30 heavy (non-hydrogen) atoms. The predicted molar refractivity (Wildman–Crippen MR) is 114 cm³/mol. The van der Waals surface area contributed by atoms with Crippen LogP contribution in [0, 0.1) is 5.41 Å². The standard InChI is InChI=1S/C24H33FN2O3/c25-15-18(16-26)17-30-21-3-1-19(2-4-21)23-7-10-24(11-8-23,12-9-23)22(28)27-20-5-13-29-14-6-20/h1-4,15,20H,5-14,16-17,26H2,(H,27,28). The van der Waals surface area contributed by atoms with Crippen LogP contribution in [0.3, 0.4) is 0 Å². The van der Waals surface area contributed by atoms with Crippen LogP contribution in [-0.4, -0.2) is 38.3 Å². The van der Waals surface area contributed by atoms with Crippen molar-refractivity contribution in [1.82, 2.24) is 5.32 Å². The van der Waals surface area contributed by atoms with Crippen molar-refractivity contribution in [3.05, 3.63) is 41.7 Å². The molecule has 6 heteroatoms. The zero-order valence-electron chi connectivity index (χ0n) is 17.6. The molecule has 0 aromatic heterocycles. The van der Waals surface area contributed by atoms with Crippen LogP contribution in [0.15, 0.2) is 36.2 Å². The van der Waals surface area contributed by atoms with E-state index >= 15 is 0 Å². The highest BCUT2D eigenvalue weighted by Crippen LogP contribution is 2.58. The number of halogens is 1. The van der Waals surface area contributed by atoms with Gasteiger partial charge in [-0.25, -0.2) is 4.39 Å². The van der Waals surface area contributed by atoms with Gasteiger partial charge < -0.3 is 20.5 Å². The van der Waals surface area contributed by atoms with Gasteiger partial charge >= 0.3 is 0 Å². The molecule has 0 spiro atoms. The fraction of sp³-hybridized carbons (Fsp3) is 0.625. The normalized spacial score (nSPS) is 29.6. The molecule has 164 valence electrons. The summed E-state index contributed by atoms with van der Waals surface area (Å²) >= 11 is 0. The summed E-state index contributed by atoms with van der Waals surface area (Å²) in [7, 11) is 0. The highest BCUT2D eigenvalue weighted by atomic mass is 19.1. The minimum atomic E-state index is -0.180. The maximum absolute atomic E-state index is 13.1. The van der Waals surface area contributed by atoms with E-state index in [0.29, 0.717) is 11.9 Å². The molecule has 3 aliphatic carbocycles. The summed E-state index contributed by atoms with van der Waals surface area (Å²) in [4.78, 5) is 13.1. The third-order valence-corrected chi connectivity index (χ3v) is 7.59. The lowest BCUT2D eigenvalue weighted by Crippen LogP contribution is -2.54. The maximum atomic E-state index is 13.1. The smallest absolute Gasteiger partial charge is 0.226 e. The van der Waals surface area contributed by atoms with E-state index in [-0.39, 0.29) is 35.9 Å². The molecule has 5 nitrogen and oxygen atoms in total. The Kier molecular flexibility index (Phi) is 6.44. The van der Waals surface area contributed by atoms with Crippen LogP contribution in [-0.2, 0) is 14.9 Å². The first kappa shape index (κ1) is 21.3. The Labute approximate surface area is 178 Å². The predicted octanol–water partition coefficient (Wildman–Crippen LogP) is 3.76. The molecular formula is C24H33FN2O3. The van der Waals surface area contributed by atoms with Gasteiger partial charge in [0.2, 0.25) is 5.91 Å². The van der Waals surface area contributed by atoms with E-state index < -0.39 is 0 Å². The van der Waals surface area contributed by atoms with Crippen molar-refractivity contribution >= 4 is 5.91 Å². The van der Waals surface area contributed by atoms with Crippen LogP contribution >= 0.6 is 0 Å². The van der Waals surface area contributed by atoms with Crippen LogP contribution in [0.25, 0.3) is 0 Å². The second-order valence-corrected chi connectivity index (χ2v) is 9.21.